The topological polar surface area (TPSA) is 32.3 Å². The van der Waals surface area contributed by atoms with Gasteiger partial charge in [-0.3, -0.25) is 0 Å². The summed E-state index contributed by atoms with van der Waals surface area (Å²) in [5, 5.41) is 2.71. The molecule has 0 aromatic heterocycles. The standard InChI is InChI=1S/C17H16F2N2O/c18-13-8-6-12(7-9-13)16-5-2-10-21(16)17(22)20-15-4-1-3-14(19)11-15/h1,3-4,6-9,11,16H,2,5,10H2,(H,20,22)/t16-/m1/s1. The molecule has 3 nitrogen and oxygen atoms in total. The Morgan fingerprint density at radius 2 is 1.86 bits per heavy atom. The van der Waals surface area contributed by atoms with Crippen LogP contribution in [0, 0.1) is 11.6 Å². The van der Waals surface area contributed by atoms with Gasteiger partial charge in [-0.2, -0.15) is 0 Å². The number of urea groups is 1. The van der Waals surface area contributed by atoms with Crippen LogP contribution in [0.25, 0.3) is 0 Å². The number of halogens is 2. The van der Waals surface area contributed by atoms with Gasteiger partial charge >= 0.3 is 6.03 Å². The molecule has 3 rings (SSSR count). The van der Waals surface area contributed by atoms with Crippen molar-refractivity contribution >= 4 is 11.7 Å². The lowest BCUT2D eigenvalue weighted by Gasteiger charge is -2.25. The summed E-state index contributed by atoms with van der Waals surface area (Å²) in [6.45, 7) is 0.628. The monoisotopic (exact) mass is 302 g/mol. The molecule has 1 fully saturated rings. The number of carbonyl (C=O) groups is 1. The van der Waals surface area contributed by atoms with E-state index in [9.17, 15) is 13.6 Å². The molecule has 1 aliphatic rings. The van der Waals surface area contributed by atoms with Crippen LogP contribution in [0.2, 0.25) is 0 Å². The summed E-state index contributed by atoms with van der Waals surface area (Å²) >= 11 is 0. The summed E-state index contributed by atoms with van der Waals surface area (Å²) in [5.41, 5.74) is 1.34. The Morgan fingerprint density at radius 1 is 1.09 bits per heavy atom. The van der Waals surface area contributed by atoms with E-state index in [1.807, 2.05) is 0 Å². The zero-order valence-electron chi connectivity index (χ0n) is 11.9. The minimum absolute atomic E-state index is 0.0749. The lowest BCUT2D eigenvalue weighted by atomic mass is 10.0. The van der Waals surface area contributed by atoms with Gasteiger partial charge < -0.3 is 10.2 Å². The van der Waals surface area contributed by atoms with E-state index in [2.05, 4.69) is 5.32 Å². The SMILES string of the molecule is O=C(Nc1cccc(F)c1)N1CCC[C@@H]1c1ccc(F)cc1. The predicted molar refractivity (Wildman–Crippen MR) is 80.5 cm³/mol. The molecular formula is C17H16F2N2O. The van der Waals surface area contributed by atoms with E-state index < -0.39 is 5.82 Å². The van der Waals surface area contributed by atoms with Gasteiger partial charge in [0.15, 0.2) is 0 Å². The molecule has 0 radical (unpaired) electrons. The maximum atomic E-state index is 13.2. The first-order chi connectivity index (χ1) is 10.6. The molecule has 22 heavy (non-hydrogen) atoms. The van der Waals surface area contributed by atoms with Crippen molar-refractivity contribution in [3.8, 4) is 0 Å². The van der Waals surface area contributed by atoms with E-state index in [-0.39, 0.29) is 17.9 Å². The van der Waals surface area contributed by atoms with Gasteiger partial charge in [-0.15, -0.1) is 0 Å². The molecule has 2 aromatic rings. The van der Waals surface area contributed by atoms with Crippen molar-refractivity contribution in [1.29, 1.82) is 0 Å². The molecule has 0 bridgehead atoms. The van der Waals surface area contributed by atoms with Crippen LogP contribution in [0.5, 0.6) is 0 Å². The Morgan fingerprint density at radius 3 is 2.59 bits per heavy atom. The molecular weight excluding hydrogens is 286 g/mol. The van der Waals surface area contributed by atoms with Crippen molar-refractivity contribution in [2.45, 2.75) is 18.9 Å². The number of nitrogens with one attached hydrogen (secondary N) is 1. The molecule has 1 heterocycles. The van der Waals surface area contributed by atoms with Gasteiger partial charge in [0.1, 0.15) is 11.6 Å². The normalized spacial score (nSPS) is 17.5. The molecule has 2 aromatic carbocycles. The first-order valence-corrected chi connectivity index (χ1v) is 7.22. The number of nitrogens with zero attached hydrogens (tertiary/aromatic N) is 1. The number of hydrogen-bond donors (Lipinski definition) is 1. The van der Waals surface area contributed by atoms with Crippen LogP contribution < -0.4 is 5.32 Å². The third-order valence-electron chi connectivity index (χ3n) is 3.84. The molecule has 1 N–H and O–H groups in total. The van der Waals surface area contributed by atoms with Gasteiger partial charge in [0.2, 0.25) is 0 Å². The van der Waals surface area contributed by atoms with Gasteiger partial charge in [0.25, 0.3) is 0 Å². The summed E-state index contributed by atoms with van der Waals surface area (Å²) in [7, 11) is 0. The van der Waals surface area contributed by atoms with E-state index in [0.29, 0.717) is 12.2 Å². The fourth-order valence-corrected chi connectivity index (χ4v) is 2.80. The second-order valence-corrected chi connectivity index (χ2v) is 5.34. The van der Waals surface area contributed by atoms with Crippen LogP contribution in [0.1, 0.15) is 24.4 Å². The van der Waals surface area contributed by atoms with E-state index in [1.54, 1.807) is 29.2 Å². The van der Waals surface area contributed by atoms with Crippen molar-refractivity contribution < 1.29 is 13.6 Å². The van der Waals surface area contributed by atoms with Crippen LogP contribution >= 0.6 is 0 Å². The van der Waals surface area contributed by atoms with Crippen molar-refractivity contribution in [1.82, 2.24) is 4.90 Å². The minimum atomic E-state index is -0.394. The highest BCUT2D eigenvalue weighted by Crippen LogP contribution is 2.32. The van der Waals surface area contributed by atoms with Gasteiger partial charge in [-0.05, 0) is 48.7 Å². The lowest BCUT2D eigenvalue weighted by Crippen LogP contribution is -2.34. The van der Waals surface area contributed by atoms with E-state index in [1.165, 1.54) is 24.3 Å². The third-order valence-corrected chi connectivity index (χ3v) is 3.84. The number of anilines is 1. The average Bonchev–Trinajstić information content (AvgIpc) is 2.97. The molecule has 1 saturated heterocycles. The fourth-order valence-electron chi connectivity index (χ4n) is 2.80. The molecule has 0 spiro atoms. The molecule has 5 heteroatoms. The van der Waals surface area contributed by atoms with Crippen molar-refractivity contribution in [2.24, 2.45) is 0 Å². The Labute approximate surface area is 127 Å². The zero-order valence-corrected chi connectivity index (χ0v) is 11.9. The summed E-state index contributed by atoms with van der Waals surface area (Å²) < 4.78 is 26.2. The maximum absolute atomic E-state index is 13.2. The zero-order chi connectivity index (χ0) is 15.5. The Kier molecular flexibility index (Phi) is 4.04. The van der Waals surface area contributed by atoms with Gasteiger partial charge in [-0.25, -0.2) is 13.6 Å². The number of benzene rings is 2. The minimum Gasteiger partial charge on any atom is -0.317 e. The van der Waals surface area contributed by atoms with Crippen LogP contribution in [0.4, 0.5) is 19.3 Å². The summed E-state index contributed by atoms with van der Waals surface area (Å²) in [6, 6.07) is 11.7. The molecule has 0 saturated carbocycles. The van der Waals surface area contributed by atoms with Crippen LogP contribution in [-0.4, -0.2) is 17.5 Å². The Hall–Kier alpha value is -2.43. The second-order valence-electron chi connectivity index (χ2n) is 5.34. The number of carbonyl (C=O) groups excluding carboxylic acids is 1. The second kappa shape index (κ2) is 6.13. The number of hydrogen-bond acceptors (Lipinski definition) is 1. The molecule has 2 amide bonds. The van der Waals surface area contributed by atoms with E-state index >= 15 is 0 Å². The van der Waals surface area contributed by atoms with Crippen LogP contribution in [-0.2, 0) is 0 Å². The summed E-state index contributed by atoms with van der Waals surface area (Å²) in [6.07, 6.45) is 1.72. The predicted octanol–water partition coefficient (Wildman–Crippen LogP) is 4.33. The van der Waals surface area contributed by atoms with Crippen LogP contribution in [0.3, 0.4) is 0 Å². The summed E-state index contributed by atoms with van der Waals surface area (Å²) in [5.74, 6) is -0.688. The fraction of sp³-hybridized carbons (Fsp3) is 0.235. The molecule has 0 unspecified atom stereocenters. The maximum Gasteiger partial charge on any atom is 0.322 e. The smallest absolute Gasteiger partial charge is 0.317 e. The number of amides is 2. The quantitative estimate of drug-likeness (QED) is 0.879. The highest BCUT2D eigenvalue weighted by molar-refractivity contribution is 5.89. The highest BCUT2D eigenvalue weighted by atomic mass is 19.1. The summed E-state index contributed by atoms with van der Waals surface area (Å²) in [4.78, 5) is 14.1. The third kappa shape index (κ3) is 3.08. The highest BCUT2D eigenvalue weighted by Gasteiger charge is 2.30. The van der Waals surface area contributed by atoms with Crippen LogP contribution in [0.15, 0.2) is 48.5 Å². The Bertz CT molecular complexity index is 673. The number of rotatable bonds is 2. The molecule has 0 aliphatic carbocycles. The van der Waals surface area contributed by atoms with E-state index in [0.717, 1.165) is 18.4 Å². The first-order valence-electron chi connectivity index (χ1n) is 7.22. The van der Waals surface area contributed by atoms with Crippen molar-refractivity contribution in [2.75, 3.05) is 11.9 Å². The van der Waals surface area contributed by atoms with Gasteiger partial charge in [-0.1, -0.05) is 18.2 Å². The average molecular weight is 302 g/mol. The molecule has 1 aliphatic heterocycles. The first kappa shape index (κ1) is 14.5. The van der Waals surface area contributed by atoms with E-state index in [4.69, 9.17) is 0 Å². The van der Waals surface area contributed by atoms with Crippen molar-refractivity contribution in [3.63, 3.8) is 0 Å². The largest absolute Gasteiger partial charge is 0.322 e. The molecule has 1 atom stereocenters. The van der Waals surface area contributed by atoms with Gasteiger partial charge in [0, 0.05) is 12.2 Å². The van der Waals surface area contributed by atoms with Gasteiger partial charge in [0.05, 0.1) is 6.04 Å². The number of likely N-dealkylation sites (tertiary alicyclic amines) is 1. The Balaban J connectivity index is 1.75. The van der Waals surface area contributed by atoms with Crippen molar-refractivity contribution in [3.05, 3.63) is 65.7 Å². The molecule has 114 valence electrons. The lowest BCUT2D eigenvalue weighted by molar-refractivity contribution is 0.207.